The van der Waals surface area contributed by atoms with E-state index < -0.39 is 10.2 Å². The Hall–Kier alpha value is -1.77. The second-order valence-electron chi connectivity index (χ2n) is 6.15. The molecule has 0 saturated carbocycles. The van der Waals surface area contributed by atoms with Gasteiger partial charge in [-0.2, -0.15) is 17.4 Å². The van der Waals surface area contributed by atoms with Crippen molar-refractivity contribution in [1.82, 2.24) is 23.6 Å². The highest BCUT2D eigenvalue weighted by molar-refractivity contribution is 7.87. The first kappa shape index (κ1) is 17.1. The summed E-state index contributed by atoms with van der Waals surface area (Å²) in [6, 6.07) is 3.80. The fourth-order valence-electron chi connectivity index (χ4n) is 2.97. The average molecular weight is 349 g/mol. The molecule has 0 radical (unpaired) electrons. The molecule has 1 aliphatic heterocycles. The summed E-state index contributed by atoms with van der Waals surface area (Å²) in [5, 5.41) is 0. The average Bonchev–Trinajstić information content (AvgIpc) is 3.00. The van der Waals surface area contributed by atoms with Gasteiger partial charge in [0, 0.05) is 37.7 Å². The van der Waals surface area contributed by atoms with E-state index in [0.29, 0.717) is 6.54 Å². The standard InChI is InChI=1S/C16H23N5O2S/c1-13-5-3-4-9-21(13)24(22,23)19-12-15-6-7-16(18-11-15)20-10-8-17-14(20)2/h6-8,10-11,13,19H,3-5,9,12H2,1-2H3. The molecule has 2 aromatic heterocycles. The van der Waals surface area contributed by atoms with E-state index in [0.717, 1.165) is 36.5 Å². The summed E-state index contributed by atoms with van der Waals surface area (Å²) in [7, 11) is -3.45. The van der Waals surface area contributed by atoms with Crippen LogP contribution in [-0.2, 0) is 16.8 Å². The van der Waals surface area contributed by atoms with Crippen LogP contribution in [0.1, 0.15) is 37.6 Å². The SMILES string of the molecule is Cc1nccn1-c1ccc(CNS(=O)(=O)N2CCCCC2C)cn1. The Bertz CT molecular complexity index is 785. The molecule has 2 aromatic rings. The Labute approximate surface area is 142 Å². The first-order valence-electron chi connectivity index (χ1n) is 8.19. The van der Waals surface area contributed by atoms with Crippen LogP contribution in [0.15, 0.2) is 30.7 Å². The highest BCUT2D eigenvalue weighted by Crippen LogP contribution is 2.19. The molecule has 8 heteroatoms. The molecule has 0 aromatic carbocycles. The maximum Gasteiger partial charge on any atom is 0.279 e. The topological polar surface area (TPSA) is 80.1 Å². The molecule has 7 nitrogen and oxygen atoms in total. The minimum atomic E-state index is -3.45. The summed E-state index contributed by atoms with van der Waals surface area (Å²) in [5.41, 5.74) is 0.824. The first-order valence-corrected chi connectivity index (χ1v) is 9.63. The molecule has 1 fully saturated rings. The molecule has 3 heterocycles. The minimum absolute atomic E-state index is 0.0565. The lowest BCUT2D eigenvalue weighted by atomic mass is 10.1. The van der Waals surface area contributed by atoms with Gasteiger partial charge in [0.15, 0.2) is 0 Å². The predicted octanol–water partition coefficient (Wildman–Crippen LogP) is 1.78. The maximum absolute atomic E-state index is 12.4. The van der Waals surface area contributed by atoms with Crippen molar-refractivity contribution >= 4 is 10.2 Å². The molecular weight excluding hydrogens is 326 g/mol. The van der Waals surface area contributed by atoms with Crippen molar-refractivity contribution in [2.24, 2.45) is 0 Å². The van der Waals surface area contributed by atoms with Gasteiger partial charge in [-0.05, 0) is 38.3 Å². The van der Waals surface area contributed by atoms with Gasteiger partial charge in [0.25, 0.3) is 10.2 Å². The third-order valence-corrected chi connectivity index (χ3v) is 6.06. The van der Waals surface area contributed by atoms with E-state index in [1.165, 1.54) is 0 Å². The quantitative estimate of drug-likeness (QED) is 0.892. The fraction of sp³-hybridized carbons (Fsp3) is 0.500. The minimum Gasteiger partial charge on any atom is -0.288 e. The molecule has 1 aliphatic rings. The third kappa shape index (κ3) is 3.66. The molecule has 3 rings (SSSR count). The number of imidazole rings is 1. The Morgan fingerprint density at radius 1 is 1.29 bits per heavy atom. The van der Waals surface area contributed by atoms with Crippen molar-refractivity contribution in [3.8, 4) is 5.82 Å². The largest absolute Gasteiger partial charge is 0.288 e. The van der Waals surface area contributed by atoms with Crippen molar-refractivity contribution in [2.45, 2.75) is 45.7 Å². The van der Waals surface area contributed by atoms with E-state index >= 15 is 0 Å². The Kier molecular flexibility index (Phi) is 4.98. The summed E-state index contributed by atoms with van der Waals surface area (Å²) in [6.07, 6.45) is 8.19. The summed E-state index contributed by atoms with van der Waals surface area (Å²) in [6.45, 7) is 4.70. The van der Waals surface area contributed by atoms with E-state index in [9.17, 15) is 8.42 Å². The van der Waals surface area contributed by atoms with Gasteiger partial charge in [0.2, 0.25) is 0 Å². The zero-order chi connectivity index (χ0) is 17.2. The number of hydrogen-bond acceptors (Lipinski definition) is 4. The molecule has 0 spiro atoms. The highest BCUT2D eigenvalue weighted by atomic mass is 32.2. The van der Waals surface area contributed by atoms with Gasteiger partial charge >= 0.3 is 0 Å². The van der Waals surface area contributed by atoms with Gasteiger partial charge in [-0.3, -0.25) is 4.57 Å². The van der Waals surface area contributed by atoms with E-state index in [2.05, 4.69) is 14.7 Å². The number of hydrogen-bond donors (Lipinski definition) is 1. The summed E-state index contributed by atoms with van der Waals surface area (Å²) in [4.78, 5) is 8.55. The van der Waals surface area contributed by atoms with Crippen molar-refractivity contribution < 1.29 is 8.42 Å². The maximum atomic E-state index is 12.4. The van der Waals surface area contributed by atoms with Crippen molar-refractivity contribution in [3.05, 3.63) is 42.1 Å². The van der Waals surface area contributed by atoms with E-state index in [1.807, 2.05) is 36.7 Å². The van der Waals surface area contributed by atoms with E-state index in [1.54, 1.807) is 16.7 Å². The van der Waals surface area contributed by atoms with E-state index in [-0.39, 0.29) is 12.6 Å². The number of rotatable bonds is 5. The predicted molar refractivity (Wildman–Crippen MR) is 91.9 cm³/mol. The molecule has 24 heavy (non-hydrogen) atoms. The number of aromatic nitrogens is 3. The molecule has 1 N–H and O–H groups in total. The lowest BCUT2D eigenvalue weighted by Gasteiger charge is -2.32. The molecule has 1 saturated heterocycles. The van der Waals surface area contributed by atoms with Crippen LogP contribution in [0, 0.1) is 6.92 Å². The number of pyridine rings is 1. The number of piperidine rings is 1. The van der Waals surface area contributed by atoms with Crippen LogP contribution in [0.25, 0.3) is 5.82 Å². The highest BCUT2D eigenvalue weighted by Gasteiger charge is 2.28. The normalized spacial score (nSPS) is 19.5. The van der Waals surface area contributed by atoms with Gasteiger partial charge < -0.3 is 0 Å². The van der Waals surface area contributed by atoms with Crippen LogP contribution >= 0.6 is 0 Å². The second-order valence-corrected chi connectivity index (χ2v) is 7.86. The molecular formula is C16H23N5O2S. The van der Waals surface area contributed by atoms with Crippen LogP contribution in [0.2, 0.25) is 0 Å². The third-order valence-electron chi connectivity index (χ3n) is 4.39. The van der Waals surface area contributed by atoms with Gasteiger partial charge in [-0.25, -0.2) is 9.97 Å². The lowest BCUT2D eigenvalue weighted by molar-refractivity contribution is 0.265. The molecule has 0 amide bonds. The Morgan fingerprint density at radius 3 is 2.75 bits per heavy atom. The summed E-state index contributed by atoms with van der Waals surface area (Å²) < 4.78 is 31.0. The second kappa shape index (κ2) is 7.00. The van der Waals surface area contributed by atoms with Gasteiger partial charge in [-0.1, -0.05) is 12.5 Å². The first-order chi connectivity index (χ1) is 11.5. The van der Waals surface area contributed by atoms with Gasteiger partial charge in [-0.15, -0.1) is 0 Å². The van der Waals surface area contributed by atoms with E-state index in [4.69, 9.17) is 0 Å². The Morgan fingerprint density at radius 2 is 2.12 bits per heavy atom. The fourth-order valence-corrected chi connectivity index (χ4v) is 4.43. The van der Waals surface area contributed by atoms with Gasteiger partial charge in [0.05, 0.1) is 0 Å². The zero-order valence-electron chi connectivity index (χ0n) is 14.0. The van der Waals surface area contributed by atoms with Crippen molar-refractivity contribution in [1.29, 1.82) is 0 Å². The van der Waals surface area contributed by atoms with Crippen LogP contribution in [0.4, 0.5) is 0 Å². The molecule has 1 atom stereocenters. The number of aryl methyl sites for hydroxylation is 1. The molecule has 130 valence electrons. The smallest absolute Gasteiger partial charge is 0.279 e. The van der Waals surface area contributed by atoms with Gasteiger partial charge in [0.1, 0.15) is 11.6 Å². The van der Waals surface area contributed by atoms with Crippen molar-refractivity contribution in [2.75, 3.05) is 6.54 Å². The number of nitrogens with zero attached hydrogens (tertiary/aromatic N) is 4. The van der Waals surface area contributed by atoms with Crippen LogP contribution < -0.4 is 4.72 Å². The Balaban J connectivity index is 1.65. The monoisotopic (exact) mass is 349 g/mol. The number of nitrogens with one attached hydrogen (secondary N) is 1. The van der Waals surface area contributed by atoms with Crippen LogP contribution in [0.3, 0.4) is 0 Å². The summed E-state index contributed by atoms with van der Waals surface area (Å²) >= 11 is 0. The van der Waals surface area contributed by atoms with Crippen LogP contribution in [-0.4, -0.2) is 39.8 Å². The van der Waals surface area contributed by atoms with Crippen LogP contribution in [0.5, 0.6) is 0 Å². The molecule has 1 unspecified atom stereocenters. The van der Waals surface area contributed by atoms with Crippen molar-refractivity contribution in [3.63, 3.8) is 0 Å². The molecule has 0 aliphatic carbocycles. The lowest BCUT2D eigenvalue weighted by Crippen LogP contribution is -2.47. The zero-order valence-corrected chi connectivity index (χ0v) is 14.8. The molecule has 0 bridgehead atoms. The summed E-state index contributed by atoms with van der Waals surface area (Å²) in [5.74, 6) is 1.62.